The predicted octanol–water partition coefficient (Wildman–Crippen LogP) is 2.17. The molecule has 0 unspecified atom stereocenters. The molecule has 0 atom stereocenters. The van der Waals surface area contributed by atoms with Crippen LogP contribution in [0.4, 0.5) is 5.95 Å². The number of anilines is 1. The molecule has 7 heteroatoms. The zero-order valence-electron chi connectivity index (χ0n) is 15.7. The number of ether oxygens (including phenoxy) is 1. The van der Waals surface area contributed by atoms with Crippen molar-refractivity contribution in [3.63, 3.8) is 0 Å². The molecule has 1 fully saturated rings. The normalized spacial score (nSPS) is 14.8. The zero-order valence-corrected chi connectivity index (χ0v) is 15.7. The van der Waals surface area contributed by atoms with Crippen molar-refractivity contribution in [1.82, 2.24) is 19.1 Å². The Labute approximate surface area is 161 Å². The van der Waals surface area contributed by atoms with Crippen molar-refractivity contribution in [2.75, 3.05) is 31.2 Å². The van der Waals surface area contributed by atoms with Gasteiger partial charge in [-0.1, -0.05) is 36.4 Å². The lowest BCUT2D eigenvalue weighted by molar-refractivity contribution is 0.121. The second kappa shape index (κ2) is 6.76. The number of aromatic nitrogens is 4. The monoisotopic (exact) mass is 375 g/mol. The average Bonchev–Trinajstić information content (AvgIpc) is 3.14. The summed E-state index contributed by atoms with van der Waals surface area (Å²) < 4.78 is 8.91. The summed E-state index contributed by atoms with van der Waals surface area (Å²) in [5, 5.41) is 2.39. The lowest BCUT2D eigenvalue weighted by atomic mass is 10.1. The number of hydrogen-bond acceptors (Lipinski definition) is 5. The molecule has 4 aromatic rings. The molecule has 1 aliphatic rings. The molecule has 28 heavy (non-hydrogen) atoms. The van der Waals surface area contributed by atoms with E-state index in [-0.39, 0.29) is 5.56 Å². The molecule has 7 nitrogen and oxygen atoms in total. The zero-order chi connectivity index (χ0) is 19.1. The molecule has 1 aliphatic heterocycles. The van der Waals surface area contributed by atoms with E-state index in [2.05, 4.69) is 45.2 Å². The van der Waals surface area contributed by atoms with E-state index in [1.54, 1.807) is 17.9 Å². The fourth-order valence-electron chi connectivity index (χ4n) is 3.79. The van der Waals surface area contributed by atoms with Gasteiger partial charge in [0.05, 0.1) is 19.5 Å². The molecule has 0 aliphatic carbocycles. The lowest BCUT2D eigenvalue weighted by Crippen LogP contribution is -2.40. The van der Waals surface area contributed by atoms with E-state index < -0.39 is 0 Å². The SMILES string of the molecule is Cn1c(N2CCOCC2)nc2ncn(Cc3ccc4ccccc4c3)c2c1=O. The Morgan fingerprint density at radius 1 is 1.07 bits per heavy atom. The van der Waals surface area contributed by atoms with Crippen LogP contribution in [-0.2, 0) is 18.3 Å². The average molecular weight is 375 g/mol. The molecule has 5 rings (SSSR count). The van der Waals surface area contributed by atoms with Gasteiger partial charge in [-0.05, 0) is 22.4 Å². The van der Waals surface area contributed by atoms with Crippen LogP contribution in [0.1, 0.15) is 5.56 Å². The highest BCUT2D eigenvalue weighted by atomic mass is 16.5. The summed E-state index contributed by atoms with van der Waals surface area (Å²) in [4.78, 5) is 24.2. The molecule has 0 bridgehead atoms. The number of hydrogen-bond donors (Lipinski definition) is 0. The molecular weight excluding hydrogens is 354 g/mol. The molecule has 0 radical (unpaired) electrons. The molecule has 0 saturated carbocycles. The lowest BCUT2D eigenvalue weighted by Gasteiger charge is -2.28. The summed E-state index contributed by atoms with van der Waals surface area (Å²) in [6, 6.07) is 14.6. The first-order chi connectivity index (χ1) is 13.7. The highest BCUT2D eigenvalue weighted by Gasteiger charge is 2.20. The molecule has 3 heterocycles. The fourth-order valence-corrected chi connectivity index (χ4v) is 3.79. The Kier molecular flexibility index (Phi) is 4.09. The van der Waals surface area contributed by atoms with Crippen LogP contribution in [-0.4, -0.2) is 45.4 Å². The van der Waals surface area contributed by atoms with Gasteiger partial charge in [0.15, 0.2) is 11.2 Å². The maximum Gasteiger partial charge on any atom is 0.280 e. The van der Waals surface area contributed by atoms with Crippen molar-refractivity contribution in [2.24, 2.45) is 7.05 Å². The fraction of sp³-hybridized carbons (Fsp3) is 0.286. The number of imidazole rings is 1. The maximum absolute atomic E-state index is 13.1. The topological polar surface area (TPSA) is 65.2 Å². The van der Waals surface area contributed by atoms with Gasteiger partial charge in [0.1, 0.15) is 0 Å². The number of rotatable bonds is 3. The Morgan fingerprint density at radius 3 is 2.68 bits per heavy atom. The summed E-state index contributed by atoms with van der Waals surface area (Å²) >= 11 is 0. The Hall–Kier alpha value is -3.19. The van der Waals surface area contributed by atoms with Crippen molar-refractivity contribution in [2.45, 2.75) is 6.54 Å². The molecule has 142 valence electrons. The van der Waals surface area contributed by atoms with Crippen LogP contribution in [0.2, 0.25) is 0 Å². The first kappa shape index (κ1) is 16.9. The van der Waals surface area contributed by atoms with Crippen LogP contribution < -0.4 is 10.5 Å². The maximum atomic E-state index is 13.1. The quantitative estimate of drug-likeness (QED) is 0.549. The van der Waals surface area contributed by atoms with E-state index in [0.717, 1.165) is 18.7 Å². The van der Waals surface area contributed by atoms with Crippen molar-refractivity contribution in [1.29, 1.82) is 0 Å². The molecule has 2 aromatic heterocycles. The molecule has 0 N–H and O–H groups in total. The van der Waals surface area contributed by atoms with Crippen molar-refractivity contribution in [3.8, 4) is 0 Å². The van der Waals surface area contributed by atoms with E-state index in [4.69, 9.17) is 4.74 Å². The Balaban J connectivity index is 1.55. The van der Waals surface area contributed by atoms with E-state index >= 15 is 0 Å². The molecule has 1 saturated heterocycles. The van der Waals surface area contributed by atoms with Crippen LogP contribution in [0.15, 0.2) is 53.6 Å². The minimum absolute atomic E-state index is 0.0789. The Morgan fingerprint density at radius 2 is 1.86 bits per heavy atom. The van der Waals surface area contributed by atoms with E-state index in [9.17, 15) is 4.79 Å². The summed E-state index contributed by atoms with van der Waals surface area (Å²) in [5.74, 6) is 0.650. The third-order valence-electron chi connectivity index (χ3n) is 5.29. The first-order valence-electron chi connectivity index (χ1n) is 9.43. The third kappa shape index (κ3) is 2.84. The standard InChI is InChI=1S/C21H21N5O2/c1-24-20(27)18-19(23-21(24)25-8-10-28-11-9-25)22-14-26(18)13-15-6-7-16-4-2-3-5-17(16)12-15/h2-7,12,14H,8-11,13H2,1H3. The van der Waals surface area contributed by atoms with Crippen molar-refractivity contribution in [3.05, 3.63) is 64.7 Å². The van der Waals surface area contributed by atoms with Gasteiger partial charge in [-0.3, -0.25) is 9.36 Å². The van der Waals surface area contributed by atoms with Crippen LogP contribution in [0, 0.1) is 0 Å². The van der Waals surface area contributed by atoms with Crippen LogP contribution in [0.3, 0.4) is 0 Å². The van der Waals surface area contributed by atoms with Gasteiger partial charge >= 0.3 is 0 Å². The van der Waals surface area contributed by atoms with Gasteiger partial charge < -0.3 is 14.2 Å². The van der Waals surface area contributed by atoms with Crippen LogP contribution in [0.5, 0.6) is 0 Å². The number of benzene rings is 2. The third-order valence-corrected chi connectivity index (χ3v) is 5.29. The van der Waals surface area contributed by atoms with Gasteiger partial charge in [0.2, 0.25) is 5.95 Å². The predicted molar refractivity (Wildman–Crippen MR) is 109 cm³/mol. The molecule has 0 spiro atoms. The molecule has 0 amide bonds. The largest absolute Gasteiger partial charge is 0.378 e. The van der Waals surface area contributed by atoms with Gasteiger partial charge in [0, 0.05) is 26.7 Å². The highest BCUT2D eigenvalue weighted by Crippen LogP contribution is 2.19. The second-order valence-corrected chi connectivity index (χ2v) is 7.10. The van der Waals surface area contributed by atoms with E-state index in [0.29, 0.717) is 36.9 Å². The number of fused-ring (bicyclic) bond motifs is 2. The van der Waals surface area contributed by atoms with Gasteiger partial charge in [-0.25, -0.2) is 4.98 Å². The van der Waals surface area contributed by atoms with Gasteiger partial charge in [-0.15, -0.1) is 0 Å². The second-order valence-electron chi connectivity index (χ2n) is 7.10. The minimum Gasteiger partial charge on any atom is -0.378 e. The molecule has 2 aromatic carbocycles. The summed E-state index contributed by atoms with van der Waals surface area (Å²) in [5.41, 5.74) is 2.07. The van der Waals surface area contributed by atoms with E-state index in [1.165, 1.54) is 10.8 Å². The first-order valence-corrected chi connectivity index (χ1v) is 9.43. The van der Waals surface area contributed by atoms with Crippen LogP contribution in [0.25, 0.3) is 21.9 Å². The van der Waals surface area contributed by atoms with E-state index in [1.807, 2.05) is 16.7 Å². The highest BCUT2D eigenvalue weighted by molar-refractivity contribution is 5.83. The van der Waals surface area contributed by atoms with Crippen molar-refractivity contribution < 1.29 is 4.74 Å². The van der Waals surface area contributed by atoms with Gasteiger partial charge in [0.25, 0.3) is 5.56 Å². The van der Waals surface area contributed by atoms with Crippen molar-refractivity contribution >= 4 is 27.9 Å². The van der Waals surface area contributed by atoms with Gasteiger partial charge in [-0.2, -0.15) is 4.98 Å². The summed E-state index contributed by atoms with van der Waals surface area (Å²) in [6.07, 6.45) is 1.71. The summed E-state index contributed by atoms with van der Waals surface area (Å²) in [6.45, 7) is 3.32. The number of nitrogens with zero attached hydrogens (tertiary/aromatic N) is 5. The molecular formula is C21H21N5O2. The Bertz CT molecular complexity index is 1220. The van der Waals surface area contributed by atoms with Crippen LogP contribution >= 0.6 is 0 Å². The minimum atomic E-state index is -0.0789. The summed E-state index contributed by atoms with van der Waals surface area (Å²) in [7, 11) is 1.77. The number of morpholine rings is 1. The smallest absolute Gasteiger partial charge is 0.280 e.